The number of rotatable bonds is 4. The molecule has 1 saturated heterocycles. The van der Waals surface area contributed by atoms with Gasteiger partial charge in [-0.2, -0.15) is 0 Å². The van der Waals surface area contributed by atoms with Gasteiger partial charge in [-0.25, -0.2) is 0 Å². The summed E-state index contributed by atoms with van der Waals surface area (Å²) in [4.78, 5) is 2.50. The Labute approximate surface area is 208 Å². The lowest BCUT2D eigenvalue weighted by atomic mass is 10.1. The highest BCUT2D eigenvalue weighted by Gasteiger charge is 2.40. The molecule has 2 atom stereocenters. The van der Waals surface area contributed by atoms with Crippen molar-refractivity contribution in [1.29, 1.82) is 0 Å². The van der Waals surface area contributed by atoms with E-state index in [0.29, 0.717) is 20.8 Å². The smallest absolute Gasteiger partial charge is 0.140 e. The molecule has 2 heterocycles. The SMILES string of the molecule is Cc1nnc(C)n1-c1ccc(O[C@@H]2c3cc(Cl)cc(Cl)c3C[C@H]2N2CCCNCC2)c(Cl)c1. The first-order valence-electron chi connectivity index (χ1n) is 11.2. The van der Waals surface area contributed by atoms with Crippen molar-refractivity contribution in [2.75, 3.05) is 26.2 Å². The Kier molecular flexibility index (Phi) is 6.56. The van der Waals surface area contributed by atoms with Gasteiger partial charge in [0.2, 0.25) is 0 Å². The summed E-state index contributed by atoms with van der Waals surface area (Å²) in [7, 11) is 0. The number of benzene rings is 2. The largest absolute Gasteiger partial charge is 0.482 e. The van der Waals surface area contributed by atoms with Gasteiger partial charge in [-0.1, -0.05) is 34.8 Å². The summed E-state index contributed by atoms with van der Waals surface area (Å²) < 4.78 is 8.60. The van der Waals surface area contributed by atoms with Crippen molar-refractivity contribution in [3.8, 4) is 11.4 Å². The fraction of sp³-hybridized carbons (Fsp3) is 0.417. The predicted molar refractivity (Wildman–Crippen MR) is 132 cm³/mol. The molecule has 1 N–H and O–H groups in total. The van der Waals surface area contributed by atoms with Crippen LogP contribution in [-0.2, 0) is 6.42 Å². The van der Waals surface area contributed by atoms with Gasteiger partial charge in [0.05, 0.1) is 16.8 Å². The third kappa shape index (κ3) is 4.47. The van der Waals surface area contributed by atoms with Gasteiger partial charge in [0, 0.05) is 28.7 Å². The molecule has 9 heteroatoms. The summed E-state index contributed by atoms with van der Waals surface area (Å²) >= 11 is 19.7. The van der Waals surface area contributed by atoms with E-state index in [9.17, 15) is 0 Å². The van der Waals surface area contributed by atoms with Crippen molar-refractivity contribution in [2.24, 2.45) is 0 Å². The Hall–Kier alpha value is -1.83. The van der Waals surface area contributed by atoms with Crippen molar-refractivity contribution in [2.45, 2.75) is 38.8 Å². The number of aromatic nitrogens is 3. The summed E-state index contributed by atoms with van der Waals surface area (Å²) in [6.45, 7) is 7.80. The van der Waals surface area contributed by atoms with Crippen molar-refractivity contribution in [1.82, 2.24) is 25.0 Å². The van der Waals surface area contributed by atoms with E-state index in [4.69, 9.17) is 39.5 Å². The van der Waals surface area contributed by atoms with Crippen LogP contribution in [0.3, 0.4) is 0 Å². The Morgan fingerprint density at radius 1 is 0.970 bits per heavy atom. The second-order valence-corrected chi connectivity index (χ2v) is 9.90. The minimum Gasteiger partial charge on any atom is -0.482 e. The van der Waals surface area contributed by atoms with Crippen LogP contribution in [0.15, 0.2) is 30.3 Å². The van der Waals surface area contributed by atoms with Gasteiger partial charge < -0.3 is 10.1 Å². The molecule has 3 aromatic rings. The molecule has 0 bridgehead atoms. The maximum Gasteiger partial charge on any atom is 0.140 e. The molecule has 1 aromatic heterocycles. The third-order valence-corrected chi connectivity index (χ3v) is 7.37. The molecule has 2 aliphatic rings. The molecule has 5 rings (SSSR count). The monoisotopic (exact) mass is 505 g/mol. The van der Waals surface area contributed by atoms with E-state index in [1.165, 1.54) is 0 Å². The van der Waals surface area contributed by atoms with Crippen LogP contribution in [0.5, 0.6) is 5.75 Å². The number of hydrogen-bond acceptors (Lipinski definition) is 5. The van der Waals surface area contributed by atoms with Gasteiger partial charge in [0.15, 0.2) is 0 Å². The molecule has 1 aliphatic carbocycles. The lowest BCUT2D eigenvalue weighted by molar-refractivity contribution is 0.0822. The second kappa shape index (κ2) is 9.43. The van der Waals surface area contributed by atoms with Crippen molar-refractivity contribution in [3.05, 3.63) is 68.2 Å². The quantitative estimate of drug-likeness (QED) is 0.528. The van der Waals surface area contributed by atoms with Crippen LogP contribution in [0.2, 0.25) is 15.1 Å². The summed E-state index contributed by atoms with van der Waals surface area (Å²) in [5, 5.41) is 13.6. The summed E-state index contributed by atoms with van der Waals surface area (Å²) in [6, 6.07) is 9.75. The number of aryl methyl sites for hydroxylation is 2. The molecular formula is C24H26Cl3N5O. The third-order valence-electron chi connectivity index (χ3n) is 6.52. The Morgan fingerprint density at radius 2 is 1.76 bits per heavy atom. The van der Waals surface area contributed by atoms with Crippen molar-refractivity contribution in [3.63, 3.8) is 0 Å². The van der Waals surface area contributed by atoms with Crippen molar-refractivity contribution >= 4 is 34.8 Å². The zero-order chi connectivity index (χ0) is 23.1. The van der Waals surface area contributed by atoms with Crippen LogP contribution in [-0.4, -0.2) is 51.9 Å². The first-order valence-corrected chi connectivity index (χ1v) is 12.3. The number of fused-ring (bicyclic) bond motifs is 1. The zero-order valence-corrected chi connectivity index (χ0v) is 20.9. The van der Waals surface area contributed by atoms with E-state index in [1.807, 2.05) is 48.7 Å². The van der Waals surface area contributed by atoms with Crippen LogP contribution in [0.25, 0.3) is 5.69 Å². The molecule has 0 unspecified atom stereocenters. The number of halogens is 3. The second-order valence-electron chi connectivity index (χ2n) is 8.65. The fourth-order valence-corrected chi connectivity index (χ4v) is 5.79. The van der Waals surface area contributed by atoms with E-state index in [0.717, 1.165) is 67.5 Å². The highest BCUT2D eigenvalue weighted by Crippen LogP contribution is 2.44. The van der Waals surface area contributed by atoms with E-state index in [1.54, 1.807) is 0 Å². The van der Waals surface area contributed by atoms with E-state index in [2.05, 4.69) is 20.4 Å². The van der Waals surface area contributed by atoms with Crippen LogP contribution < -0.4 is 10.1 Å². The number of nitrogens with zero attached hydrogens (tertiary/aromatic N) is 4. The topological polar surface area (TPSA) is 55.2 Å². The maximum absolute atomic E-state index is 6.72. The molecule has 33 heavy (non-hydrogen) atoms. The van der Waals surface area contributed by atoms with Gasteiger partial charge in [0.1, 0.15) is 23.5 Å². The first-order chi connectivity index (χ1) is 15.9. The lowest BCUT2D eigenvalue weighted by Crippen LogP contribution is -2.42. The number of nitrogens with one attached hydrogen (secondary N) is 1. The average Bonchev–Trinajstić information content (AvgIpc) is 3.16. The van der Waals surface area contributed by atoms with Crippen molar-refractivity contribution < 1.29 is 4.74 Å². The van der Waals surface area contributed by atoms with Gasteiger partial charge in [-0.05, 0) is 75.7 Å². The molecule has 0 spiro atoms. The van der Waals surface area contributed by atoms with Crippen LogP contribution >= 0.6 is 34.8 Å². The van der Waals surface area contributed by atoms with Gasteiger partial charge in [-0.15, -0.1) is 10.2 Å². The fourth-order valence-electron chi connectivity index (χ4n) is 4.98. The Bertz CT molecular complexity index is 1150. The van der Waals surface area contributed by atoms with E-state index >= 15 is 0 Å². The van der Waals surface area contributed by atoms with Crippen LogP contribution in [0.1, 0.15) is 35.3 Å². The summed E-state index contributed by atoms with van der Waals surface area (Å²) in [5.41, 5.74) is 3.05. The van der Waals surface area contributed by atoms with Gasteiger partial charge in [0.25, 0.3) is 0 Å². The summed E-state index contributed by atoms with van der Waals surface area (Å²) in [5.74, 6) is 2.25. The van der Waals surface area contributed by atoms with E-state index < -0.39 is 0 Å². The van der Waals surface area contributed by atoms with Gasteiger partial charge in [-0.3, -0.25) is 9.47 Å². The highest BCUT2D eigenvalue weighted by molar-refractivity contribution is 6.35. The minimum absolute atomic E-state index is 0.161. The molecule has 174 valence electrons. The van der Waals surface area contributed by atoms with Crippen LogP contribution in [0, 0.1) is 13.8 Å². The maximum atomic E-state index is 6.72. The van der Waals surface area contributed by atoms with E-state index in [-0.39, 0.29) is 12.1 Å². The lowest BCUT2D eigenvalue weighted by Gasteiger charge is -2.32. The number of hydrogen-bond donors (Lipinski definition) is 1. The normalized spacial score (nSPS) is 21.1. The first kappa shape index (κ1) is 22.9. The number of ether oxygens (including phenoxy) is 1. The Morgan fingerprint density at radius 3 is 2.52 bits per heavy atom. The molecule has 6 nitrogen and oxygen atoms in total. The molecule has 1 fully saturated rings. The summed E-state index contributed by atoms with van der Waals surface area (Å²) in [6.07, 6.45) is 1.71. The van der Waals surface area contributed by atoms with Crippen LogP contribution in [0.4, 0.5) is 0 Å². The Balaban J connectivity index is 1.49. The molecular weight excluding hydrogens is 481 g/mol. The molecule has 1 aliphatic heterocycles. The molecule has 0 amide bonds. The standard InChI is InChI=1S/C24H26Cl3N5O/c1-14-29-30-15(2)32(14)17-4-5-23(21(27)12-17)33-24-19-10-16(25)11-20(26)18(19)13-22(24)31-8-3-6-28-7-9-31/h4-5,10-12,22,24,28H,3,6-9,13H2,1-2H3/t22-,24-/m1/s1. The van der Waals surface area contributed by atoms with Gasteiger partial charge >= 0.3 is 0 Å². The molecule has 2 aromatic carbocycles. The zero-order valence-electron chi connectivity index (χ0n) is 18.6. The molecule has 0 saturated carbocycles. The molecule has 0 radical (unpaired) electrons. The average molecular weight is 507 g/mol. The highest BCUT2D eigenvalue weighted by atomic mass is 35.5. The predicted octanol–water partition coefficient (Wildman–Crippen LogP) is 5.18. The minimum atomic E-state index is -0.212.